The topological polar surface area (TPSA) is 110 Å². The lowest BCUT2D eigenvalue weighted by atomic mass is 10.2. The van der Waals surface area contributed by atoms with E-state index in [0.717, 1.165) is 5.56 Å². The van der Waals surface area contributed by atoms with Gasteiger partial charge >= 0.3 is 5.69 Å². The van der Waals surface area contributed by atoms with Gasteiger partial charge in [0.2, 0.25) is 0 Å². The summed E-state index contributed by atoms with van der Waals surface area (Å²) in [6.45, 7) is 1.83. The van der Waals surface area contributed by atoms with E-state index < -0.39 is 21.4 Å². The van der Waals surface area contributed by atoms with Crippen molar-refractivity contribution < 1.29 is 12.6 Å². The third-order valence-corrected chi connectivity index (χ3v) is 4.45. The molecule has 0 spiro atoms. The third-order valence-electron chi connectivity index (χ3n) is 3.12. The van der Waals surface area contributed by atoms with E-state index in [2.05, 4.69) is 10.3 Å². The number of nitrogens with zero attached hydrogens (tertiary/aromatic N) is 1. The average Bonchev–Trinajstić information content (AvgIpc) is 2.48. The number of anilines is 1. The number of nitrogens with one attached hydrogen (secondary N) is 2. The van der Waals surface area contributed by atoms with Crippen LogP contribution in [0.25, 0.3) is 0 Å². The highest BCUT2D eigenvalue weighted by molar-refractivity contribution is 7.86. The minimum Gasteiger partial charge on any atom is -0.369 e. The van der Waals surface area contributed by atoms with Gasteiger partial charge in [-0.25, -0.2) is 4.79 Å². The highest BCUT2D eigenvalue weighted by atomic mass is 32.2. The molecule has 23 heavy (non-hydrogen) atoms. The minimum absolute atomic E-state index is 0.0756. The second-order valence-corrected chi connectivity index (χ2v) is 6.51. The Bertz CT molecular complexity index is 897. The maximum Gasteiger partial charge on any atom is 0.329 e. The van der Waals surface area contributed by atoms with Gasteiger partial charge in [-0.1, -0.05) is 17.7 Å². The van der Waals surface area contributed by atoms with Crippen LogP contribution in [0.4, 0.5) is 5.82 Å². The number of rotatable bonds is 6. The van der Waals surface area contributed by atoms with E-state index >= 15 is 0 Å². The molecule has 0 radical (unpaired) electrons. The van der Waals surface area contributed by atoms with Gasteiger partial charge in [-0.15, -0.1) is 0 Å². The maximum absolute atomic E-state index is 12.0. The van der Waals surface area contributed by atoms with Gasteiger partial charge in [-0.3, -0.25) is 18.5 Å². The predicted octanol–water partition coefficient (Wildman–Crippen LogP) is 0.199. The van der Waals surface area contributed by atoms with Crippen LogP contribution in [0.2, 0.25) is 0 Å². The molecule has 124 valence electrons. The highest BCUT2D eigenvalue weighted by Crippen LogP contribution is 2.12. The molecule has 0 fully saturated rings. The molecular formula is C14H17N3O5S. The summed E-state index contributed by atoms with van der Waals surface area (Å²) in [7, 11) is -2.36. The summed E-state index contributed by atoms with van der Waals surface area (Å²) in [6, 6.07) is 7.51. The fourth-order valence-electron chi connectivity index (χ4n) is 1.83. The quantitative estimate of drug-likeness (QED) is 0.575. The Morgan fingerprint density at radius 1 is 1.22 bits per heavy atom. The molecular weight excluding hydrogens is 322 g/mol. The van der Waals surface area contributed by atoms with Crippen LogP contribution in [0.3, 0.4) is 0 Å². The predicted molar refractivity (Wildman–Crippen MR) is 85.1 cm³/mol. The van der Waals surface area contributed by atoms with Gasteiger partial charge in [0.25, 0.3) is 15.7 Å². The Balaban J connectivity index is 1.96. The van der Waals surface area contributed by atoms with Crippen LogP contribution in [-0.2, 0) is 21.3 Å². The zero-order valence-corrected chi connectivity index (χ0v) is 13.5. The van der Waals surface area contributed by atoms with Crippen LogP contribution in [0, 0.1) is 6.92 Å². The molecule has 0 aliphatic heterocycles. The summed E-state index contributed by atoms with van der Waals surface area (Å²) in [5, 5.41) is 2.78. The van der Waals surface area contributed by atoms with E-state index in [1.807, 2.05) is 6.92 Å². The van der Waals surface area contributed by atoms with Crippen LogP contribution < -0.4 is 16.6 Å². The summed E-state index contributed by atoms with van der Waals surface area (Å²) >= 11 is 0. The van der Waals surface area contributed by atoms with Crippen molar-refractivity contribution in [3.8, 4) is 0 Å². The lowest BCUT2D eigenvalue weighted by molar-refractivity contribution is 0.331. The van der Waals surface area contributed by atoms with Gasteiger partial charge in [0.05, 0.1) is 11.5 Å². The number of hydrogen-bond donors (Lipinski definition) is 2. The van der Waals surface area contributed by atoms with Crippen molar-refractivity contribution in [2.75, 3.05) is 18.5 Å². The summed E-state index contributed by atoms with van der Waals surface area (Å²) in [4.78, 5) is 24.8. The highest BCUT2D eigenvalue weighted by Gasteiger charge is 2.14. The van der Waals surface area contributed by atoms with Crippen LogP contribution in [0.15, 0.2) is 44.8 Å². The Labute approximate surface area is 132 Å². The van der Waals surface area contributed by atoms with E-state index in [4.69, 9.17) is 4.18 Å². The molecule has 0 bridgehead atoms. The van der Waals surface area contributed by atoms with Crippen LogP contribution >= 0.6 is 0 Å². The van der Waals surface area contributed by atoms with Crippen molar-refractivity contribution in [1.29, 1.82) is 0 Å². The number of aromatic amines is 1. The van der Waals surface area contributed by atoms with Crippen molar-refractivity contribution in [3.63, 3.8) is 0 Å². The second kappa shape index (κ2) is 6.80. The second-order valence-electron chi connectivity index (χ2n) is 4.90. The molecule has 0 aliphatic rings. The normalized spacial score (nSPS) is 11.4. The summed E-state index contributed by atoms with van der Waals surface area (Å²) < 4.78 is 30.1. The SMILES string of the molecule is Cc1ccc(S(=O)(=O)OCCNc2cc(=O)[nH]c(=O)n2C)cc1. The van der Waals surface area contributed by atoms with E-state index in [1.165, 1.54) is 29.8 Å². The van der Waals surface area contributed by atoms with E-state index in [9.17, 15) is 18.0 Å². The summed E-state index contributed by atoms with van der Waals surface area (Å²) in [5.74, 6) is 0.273. The van der Waals surface area contributed by atoms with Crippen LogP contribution in [-0.4, -0.2) is 31.1 Å². The first-order valence-electron chi connectivity index (χ1n) is 6.80. The molecule has 9 heteroatoms. The first-order chi connectivity index (χ1) is 10.8. The van der Waals surface area contributed by atoms with Crippen molar-refractivity contribution in [2.24, 2.45) is 7.05 Å². The van der Waals surface area contributed by atoms with E-state index in [1.54, 1.807) is 12.1 Å². The molecule has 0 amide bonds. The first-order valence-corrected chi connectivity index (χ1v) is 8.21. The molecule has 1 aromatic carbocycles. The Morgan fingerprint density at radius 3 is 2.52 bits per heavy atom. The van der Waals surface area contributed by atoms with Crippen LogP contribution in [0.5, 0.6) is 0 Å². The van der Waals surface area contributed by atoms with Crippen LogP contribution in [0.1, 0.15) is 5.56 Å². The monoisotopic (exact) mass is 339 g/mol. The zero-order chi connectivity index (χ0) is 17.0. The van der Waals surface area contributed by atoms with Crippen molar-refractivity contribution >= 4 is 15.9 Å². The molecule has 1 heterocycles. The third kappa shape index (κ3) is 4.30. The fourth-order valence-corrected chi connectivity index (χ4v) is 2.74. The molecule has 0 saturated carbocycles. The van der Waals surface area contributed by atoms with Gasteiger partial charge in [-0.05, 0) is 19.1 Å². The first kappa shape index (κ1) is 17.0. The molecule has 2 rings (SSSR count). The van der Waals surface area contributed by atoms with Crippen molar-refractivity contribution in [1.82, 2.24) is 9.55 Å². The Morgan fingerprint density at radius 2 is 1.87 bits per heavy atom. The Hall–Kier alpha value is -2.39. The van der Waals surface area contributed by atoms with Crippen molar-refractivity contribution in [3.05, 3.63) is 56.7 Å². The average molecular weight is 339 g/mol. The maximum atomic E-state index is 12.0. The molecule has 0 atom stereocenters. The lowest BCUT2D eigenvalue weighted by Gasteiger charge is -2.10. The smallest absolute Gasteiger partial charge is 0.329 e. The number of hydrogen-bond acceptors (Lipinski definition) is 6. The molecule has 0 unspecified atom stereocenters. The van der Waals surface area contributed by atoms with Crippen molar-refractivity contribution in [2.45, 2.75) is 11.8 Å². The van der Waals surface area contributed by atoms with E-state index in [-0.39, 0.29) is 23.9 Å². The summed E-state index contributed by atoms with van der Waals surface area (Å²) in [5.41, 5.74) is -0.155. The molecule has 0 aliphatic carbocycles. The van der Waals surface area contributed by atoms with Gasteiger partial charge < -0.3 is 5.32 Å². The number of H-pyrrole nitrogens is 1. The largest absolute Gasteiger partial charge is 0.369 e. The number of aromatic nitrogens is 2. The summed E-state index contributed by atoms with van der Waals surface area (Å²) in [6.07, 6.45) is 0. The number of benzene rings is 1. The molecule has 0 saturated heterocycles. The minimum atomic E-state index is -3.83. The standard InChI is InChI=1S/C14H17N3O5S/c1-10-3-5-11(6-4-10)23(20,21)22-8-7-15-12-9-13(18)16-14(19)17(12)2/h3-6,9,15H,7-8H2,1-2H3,(H,16,18,19). The molecule has 1 aromatic heterocycles. The lowest BCUT2D eigenvalue weighted by Crippen LogP contribution is -2.30. The Kier molecular flexibility index (Phi) is 5.02. The van der Waals surface area contributed by atoms with E-state index in [0.29, 0.717) is 0 Å². The van der Waals surface area contributed by atoms with Gasteiger partial charge in [0.1, 0.15) is 5.82 Å². The zero-order valence-electron chi connectivity index (χ0n) is 12.7. The van der Waals surface area contributed by atoms with Gasteiger partial charge in [0, 0.05) is 19.7 Å². The molecule has 8 nitrogen and oxygen atoms in total. The van der Waals surface area contributed by atoms with Gasteiger partial charge in [-0.2, -0.15) is 8.42 Å². The fraction of sp³-hybridized carbons (Fsp3) is 0.286. The van der Waals surface area contributed by atoms with Gasteiger partial charge in [0.15, 0.2) is 0 Å². The number of aryl methyl sites for hydroxylation is 1. The molecule has 2 aromatic rings. The molecule has 2 N–H and O–H groups in total.